The van der Waals surface area contributed by atoms with Gasteiger partial charge in [-0.25, -0.2) is 13.2 Å². The lowest BCUT2D eigenvalue weighted by Crippen LogP contribution is -2.45. The third-order valence-corrected chi connectivity index (χ3v) is 7.08. The Morgan fingerprint density at radius 3 is 2.64 bits per heavy atom. The Labute approximate surface area is 164 Å². The minimum Gasteiger partial charge on any atom is -0.356 e. The van der Waals surface area contributed by atoms with Gasteiger partial charge in [0, 0.05) is 29.7 Å². The number of aromatic nitrogens is 1. The molecular formula is C21H23N3O3S. The molecule has 0 bridgehead atoms. The molecule has 1 aromatic heterocycles. The monoisotopic (exact) mass is 397 g/mol. The van der Waals surface area contributed by atoms with E-state index in [4.69, 9.17) is 0 Å². The second kappa shape index (κ2) is 7.31. The summed E-state index contributed by atoms with van der Waals surface area (Å²) < 4.78 is 24.7. The van der Waals surface area contributed by atoms with Gasteiger partial charge in [-0.2, -0.15) is 0 Å². The molecule has 146 valence electrons. The fraction of sp³-hybridized carbons (Fsp3) is 0.286. The van der Waals surface area contributed by atoms with Crippen molar-refractivity contribution in [1.29, 1.82) is 0 Å². The second-order valence-corrected chi connectivity index (χ2v) is 9.16. The highest BCUT2D eigenvalue weighted by Gasteiger charge is 2.30. The van der Waals surface area contributed by atoms with Gasteiger partial charge in [-0.1, -0.05) is 36.4 Å². The molecule has 0 saturated carbocycles. The summed E-state index contributed by atoms with van der Waals surface area (Å²) in [7, 11) is -3.41. The lowest BCUT2D eigenvalue weighted by Gasteiger charge is -2.33. The molecule has 2 N–H and O–H groups in total. The van der Waals surface area contributed by atoms with Crippen LogP contribution in [0.25, 0.3) is 10.9 Å². The number of sulfone groups is 1. The van der Waals surface area contributed by atoms with E-state index in [0.717, 1.165) is 17.6 Å². The van der Waals surface area contributed by atoms with Gasteiger partial charge in [-0.15, -0.1) is 0 Å². The molecule has 6 nitrogen and oxygen atoms in total. The standard InChI is InChI=1S/C21H23N3O3S/c1-15-20-18(17-9-5-6-10-19(17)23-20)11-13-24(15)21(25)22-12-14-28(26,27)16-7-3-2-4-8-16/h2-10,15,23H,11-14H2,1H3,(H,22,25). The quantitative estimate of drug-likeness (QED) is 0.709. The molecular weight excluding hydrogens is 374 g/mol. The molecule has 7 heteroatoms. The largest absolute Gasteiger partial charge is 0.356 e. The minimum atomic E-state index is -3.41. The van der Waals surface area contributed by atoms with Crippen LogP contribution < -0.4 is 5.32 Å². The van der Waals surface area contributed by atoms with Crippen LogP contribution in [0.5, 0.6) is 0 Å². The topological polar surface area (TPSA) is 82.3 Å². The molecule has 4 rings (SSSR count). The Kier molecular flexibility index (Phi) is 4.85. The van der Waals surface area contributed by atoms with E-state index in [-0.39, 0.29) is 29.3 Å². The number of hydrogen-bond donors (Lipinski definition) is 2. The van der Waals surface area contributed by atoms with Crippen LogP contribution in [0, 0.1) is 0 Å². The van der Waals surface area contributed by atoms with E-state index in [1.165, 1.54) is 10.9 Å². The molecule has 0 fully saturated rings. The normalized spacial score (nSPS) is 16.8. The molecule has 1 atom stereocenters. The van der Waals surface area contributed by atoms with Crippen LogP contribution in [0.3, 0.4) is 0 Å². The average Bonchev–Trinajstić information content (AvgIpc) is 3.08. The van der Waals surface area contributed by atoms with Gasteiger partial charge in [0.25, 0.3) is 0 Å². The summed E-state index contributed by atoms with van der Waals surface area (Å²) in [5, 5.41) is 3.97. The highest BCUT2D eigenvalue weighted by atomic mass is 32.2. The lowest BCUT2D eigenvalue weighted by molar-refractivity contribution is 0.174. The molecule has 2 heterocycles. The van der Waals surface area contributed by atoms with E-state index in [9.17, 15) is 13.2 Å². The number of nitrogens with one attached hydrogen (secondary N) is 2. The Morgan fingerprint density at radius 1 is 1.14 bits per heavy atom. The van der Waals surface area contributed by atoms with Crippen molar-refractivity contribution in [2.24, 2.45) is 0 Å². The molecule has 0 saturated heterocycles. The van der Waals surface area contributed by atoms with Crippen LogP contribution in [0.4, 0.5) is 4.79 Å². The van der Waals surface area contributed by atoms with Gasteiger partial charge in [0.05, 0.1) is 16.7 Å². The van der Waals surface area contributed by atoms with Crippen LogP contribution in [-0.4, -0.2) is 43.2 Å². The van der Waals surface area contributed by atoms with Crippen molar-refractivity contribution >= 4 is 26.8 Å². The predicted octanol–water partition coefficient (Wildman–Crippen LogP) is 3.27. The van der Waals surface area contributed by atoms with Crippen LogP contribution in [0.15, 0.2) is 59.5 Å². The van der Waals surface area contributed by atoms with E-state index in [2.05, 4.69) is 16.4 Å². The van der Waals surface area contributed by atoms with E-state index in [1.54, 1.807) is 35.2 Å². The number of urea groups is 1. The minimum absolute atomic E-state index is 0.0822. The number of amides is 2. The maximum Gasteiger partial charge on any atom is 0.317 e. The number of carbonyl (C=O) groups is 1. The molecule has 28 heavy (non-hydrogen) atoms. The van der Waals surface area contributed by atoms with Gasteiger partial charge in [0.2, 0.25) is 0 Å². The Bertz CT molecular complexity index is 1110. The Hall–Kier alpha value is -2.80. The van der Waals surface area contributed by atoms with Gasteiger partial charge in [0.1, 0.15) is 0 Å². The smallest absolute Gasteiger partial charge is 0.317 e. The Balaban J connectivity index is 1.42. The summed E-state index contributed by atoms with van der Waals surface area (Å²) in [5.74, 6) is -0.122. The number of aromatic amines is 1. The highest BCUT2D eigenvalue weighted by molar-refractivity contribution is 7.91. The third-order valence-electron chi connectivity index (χ3n) is 5.34. The van der Waals surface area contributed by atoms with Crippen molar-refractivity contribution in [1.82, 2.24) is 15.2 Å². The SMILES string of the molecule is CC1c2[nH]c3ccccc3c2CCN1C(=O)NCCS(=O)(=O)c1ccccc1. The van der Waals surface area contributed by atoms with Gasteiger partial charge in [-0.3, -0.25) is 0 Å². The van der Waals surface area contributed by atoms with Gasteiger partial charge in [-0.05, 0) is 37.1 Å². The zero-order valence-corrected chi connectivity index (χ0v) is 16.5. The molecule has 2 aromatic carbocycles. The number of nitrogens with zero attached hydrogens (tertiary/aromatic N) is 1. The van der Waals surface area contributed by atoms with Crippen molar-refractivity contribution < 1.29 is 13.2 Å². The van der Waals surface area contributed by atoms with Crippen LogP contribution in [-0.2, 0) is 16.3 Å². The maximum atomic E-state index is 12.7. The summed E-state index contributed by atoms with van der Waals surface area (Å²) in [6, 6.07) is 16.1. The second-order valence-electron chi connectivity index (χ2n) is 7.05. The first-order valence-corrected chi connectivity index (χ1v) is 11.0. The van der Waals surface area contributed by atoms with E-state index < -0.39 is 9.84 Å². The van der Waals surface area contributed by atoms with Crippen molar-refractivity contribution in [3.63, 3.8) is 0 Å². The molecule has 0 spiro atoms. The van der Waals surface area contributed by atoms with Crippen molar-refractivity contribution in [3.8, 4) is 0 Å². The summed E-state index contributed by atoms with van der Waals surface area (Å²) in [4.78, 5) is 18.1. The van der Waals surface area contributed by atoms with E-state index in [1.807, 2.05) is 25.1 Å². The first-order chi connectivity index (χ1) is 13.5. The van der Waals surface area contributed by atoms with Crippen LogP contribution in [0.1, 0.15) is 24.2 Å². The number of benzene rings is 2. The Morgan fingerprint density at radius 2 is 1.86 bits per heavy atom. The van der Waals surface area contributed by atoms with Crippen molar-refractivity contribution in [3.05, 3.63) is 65.9 Å². The molecule has 0 radical (unpaired) electrons. The molecule has 3 aromatic rings. The number of H-pyrrole nitrogens is 1. The van der Waals surface area contributed by atoms with E-state index in [0.29, 0.717) is 6.54 Å². The lowest BCUT2D eigenvalue weighted by atomic mass is 9.99. The number of carbonyl (C=O) groups excluding carboxylic acids is 1. The number of para-hydroxylation sites is 1. The summed E-state index contributed by atoms with van der Waals surface area (Å²) in [5.41, 5.74) is 3.40. The number of rotatable bonds is 4. The number of hydrogen-bond acceptors (Lipinski definition) is 3. The van der Waals surface area contributed by atoms with Crippen molar-refractivity contribution in [2.75, 3.05) is 18.8 Å². The van der Waals surface area contributed by atoms with Crippen LogP contribution >= 0.6 is 0 Å². The zero-order valence-electron chi connectivity index (χ0n) is 15.7. The molecule has 1 aliphatic rings. The maximum absolute atomic E-state index is 12.7. The van der Waals surface area contributed by atoms with Gasteiger partial charge < -0.3 is 15.2 Å². The number of fused-ring (bicyclic) bond motifs is 3. The highest BCUT2D eigenvalue weighted by Crippen LogP contribution is 2.34. The van der Waals surface area contributed by atoms with E-state index >= 15 is 0 Å². The van der Waals surface area contributed by atoms with Gasteiger partial charge in [0.15, 0.2) is 9.84 Å². The summed E-state index contributed by atoms with van der Waals surface area (Å²) >= 11 is 0. The molecule has 1 aliphatic heterocycles. The molecule has 2 amide bonds. The first-order valence-electron chi connectivity index (χ1n) is 9.39. The van der Waals surface area contributed by atoms with Crippen molar-refractivity contribution in [2.45, 2.75) is 24.3 Å². The summed E-state index contributed by atoms with van der Waals surface area (Å²) in [6.07, 6.45) is 0.777. The fourth-order valence-corrected chi connectivity index (χ4v) is 5.02. The molecule has 0 aliphatic carbocycles. The van der Waals surface area contributed by atoms with Gasteiger partial charge >= 0.3 is 6.03 Å². The first kappa shape index (κ1) is 18.6. The predicted molar refractivity (Wildman–Crippen MR) is 109 cm³/mol. The molecule has 1 unspecified atom stereocenters. The van der Waals surface area contributed by atoms with Crippen LogP contribution in [0.2, 0.25) is 0 Å². The zero-order chi connectivity index (χ0) is 19.7. The fourth-order valence-electron chi connectivity index (χ4n) is 3.85. The third kappa shape index (κ3) is 3.38. The average molecular weight is 398 g/mol. The summed E-state index contributed by atoms with van der Waals surface area (Å²) in [6.45, 7) is 2.68.